The lowest BCUT2D eigenvalue weighted by Crippen LogP contribution is -3.08. The van der Waals surface area contributed by atoms with Gasteiger partial charge < -0.3 is 22.0 Å². The normalized spacial score (nSPS) is 11.0. The fourth-order valence-electron chi connectivity index (χ4n) is 2.18. The van der Waals surface area contributed by atoms with Crippen molar-refractivity contribution in [1.29, 1.82) is 0 Å². The van der Waals surface area contributed by atoms with Gasteiger partial charge in [0.2, 0.25) is 6.73 Å². The van der Waals surface area contributed by atoms with E-state index in [1.54, 1.807) is 0 Å². The Bertz CT molecular complexity index is 684. The van der Waals surface area contributed by atoms with Gasteiger partial charge in [-0.3, -0.25) is 4.79 Å². The van der Waals surface area contributed by atoms with Crippen molar-refractivity contribution in [3.05, 3.63) is 83.9 Å². The molecule has 126 valence electrons. The second kappa shape index (κ2) is 9.65. The molecule has 2 rings (SSSR count). The molecule has 0 spiro atoms. The lowest BCUT2D eigenvalue weighted by molar-refractivity contribution is -0.911. The van der Waals surface area contributed by atoms with Gasteiger partial charge in [-0.05, 0) is 0 Å². The Balaban J connectivity index is 0.00000288. The molecule has 0 heterocycles. The van der Waals surface area contributed by atoms with Crippen LogP contribution in [0.25, 0.3) is 0 Å². The quantitative estimate of drug-likeness (QED) is 0.291. The summed E-state index contributed by atoms with van der Waals surface area (Å²) < 4.78 is 5.00. The number of hydrogen-bond donors (Lipinski definition) is 1. The molecule has 0 aliphatic carbocycles. The average Bonchev–Trinajstić information content (AvgIpc) is 2.60. The number of carbonyl (C=O) groups is 2. The summed E-state index contributed by atoms with van der Waals surface area (Å²) in [4.78, 5) is 24.4. The summed E-state index contributed by atoms with van der Waals surface area (Å²) in [7, 11) is 1.93. The molecule has 5 heteroatoms. The zero-order valence-corrected chi connectivity index (χ0v) is 14.3. The first-order valence-electron chi connectivity index (χ1n) is 7.39. The average molecular weight is 346 g/mol. The Morgan fingerprint density at radius 2 is 1.62 bits per heavy atom. The van der Waals surface area contributed by atoms with Crippen LogP contribution in [0.3, 0.4) is 0 Å². The smallest absolute Gasteiger partial charge is 0.334 e. The van der Waals surface area contributed by atoms with Crippen molar-refractivity contribution in [3.8, 4) is 0 Å². The lowest BCUT2D eigenvalue weighted by Gasteiger charge is -2.13. The van der Waals surface area contributed by atoms with Crippen LogP contribution in [-0.4, -0.2) is 25.5 Å². The lowest BCUT2D eigenvalue weighted by atomic mass is 10.0. The summed E-state index contributed by atoms with van der Waals surface area (Å²) in [5, 5.41) is 0. The molecule has 0 aromatic heterocycles. The van der Waals surface area contributed by atoms with E-state index in [1.807, 2.05) is 61.6 Å². The molecule has 2 aromatic rings. The first-order chi connectivity index (χ1) is 11.1. The van der Waals surface area contributed by atoms with Gasteiger partial charge in [0, 0.05) is 22.8 Å². The molecule has 1 atom stereocenters. The van der Waals surface area contributed by atoms with Gasteiger partial charge in [-0.1, -0.05) is 61.2 Å². The number of nitrogens with one attached hydrogen (secondary N) is 1. The van der Waals surface area contributed by atoms with Gasteiger partial charge in [-0.15, -0.1) is 0 Å². The van der Waals surface area contributed by atoms with Gasteiger partial charge in [-0.25, -0.2) is 4.79 Å². The fourth-order valence-corrected chi connectivity index (χ4v) is 2.18. The number of esters is 1. The molecule has 0 radical (unpaired) electrons. The predicted molar refractivity (Wildman–Crippen MR) is 88.1 cm³/mol. The molecule has 4 nitrogen and oxygen atoms in total. The van der Waals surface area contributed by atoms with Gasteiger partial charge in [0.05, 0.1) is 7.05 Å². The topological polar surface area (TPSA) is 47.8 Å². The largest absolute Gasteiger partial charge is 1.00 e. The van der Waals surface area contributed by atoms with Crippen LogP contribution in [0.2, 0.25) is 0 Å². The molecule has 0 bridgehead atoms. The zero-order chi connectivity index (χ0) is 16.7. The number of ketones is 1. The van der Waals surface area contributed by atoms with E-state index >= 15 is 0 Å². The second-order valence-electron chi connectivity index (χ2n) is 5.34. The van der Waals surface area contributed by atoms with Gasteiger partial charge in [-0.2, -0.15) is 0 Å². The number of quaternary nitrogens is 1. The van der Waals surface area contributed by atoms with Crippen molar-refractivity contribution in [2.45, 2.75) is 6.54 Å². The van der Waals surface area contributed by atoms with Gasteiger partial charge in [0.15, 0.2) is 5.78 Å². The molecule has 1 N–H and O–H groups in total. The minimum atomic E-state index is -0.423. The highest BCUT2D eigenvalue weighted by molar-refractivity contribution is 6.08. The van der Waals surface area contributed by atoms with E-state index < -0.39 is 5.97 Å². The maximum Gasteiger partial charge on any atom is 0.334 e. The SMILES string of the molecule is C=CC(=O)OC[NH+](C)Cc1ccc(C(=O)c2ccccc2)cc1.[Cl-]. The van der Waals surface area contributed by atoms with Gasteiger partial charge >= 0.3 is 5.97 Å². The molecule has 0 saturated heterocycles. The molecule has 1 unspecified atom stereocenters. The third-order valence-electron chi connectivity index (χ3n) is 3.39. The van der Waals surface area contributed by atoms with Gasteiger partial charge in [0.25, 0.3) is 0 Å². The molecular weight excluding hydrogens is 326 g/mol. The highest BCUT2D eigenvalue weighted by Gasteiger charge is 2.10. The van der Waals surface area contributed by atoms with E-state index in [4.69, 9.17) is 4.74 Å². The van der Waals surface area contributed by atoms with Crippen molar-refractivity contribution in [2.75, 3.05) is 13.8 Å². The summed E-state index contributed by atoms with van der Waals surface area (Å²) in [6.45, 7) is 4.33. The van der Waals surface area contributed by atoms with E-state index in [-0.39, 0.29) is 24.9 Å². The summed E-state index contributed by atoms with van der Waals surface area (Å²) in [6, 6.07) is 16.7. The van der Waals surface area contributed by atoms with Crippen LogP contribution in [0.5, 0.6) is 0 Å². The monoisotopic (exact) mass is 345 g/mol. The highest BCUT2D eigenvalue weighted by Crippen LogP contribution is 2.10. The number of halogens is 1. The zero-order valence-electron chi connectivity index (χ0n) is 13.5. The fraction of sp³-hybridized carbons (Fsp3) is 0.158. The molecule has 2 aromatic carbocycles. The Kier molecular flexibility index (Phi) is 7.89. The van der Waals surface area contributed by atoms with E-state index in [0.29, 0.717) is 17.7 Å². The number of benzene rings is 2. The number of carbonyl (C=O) groups excluding carboxylic acids is 2. The molecule has 0 aliphatic heterocycles. The summed E-state index contributed by atoms with van der Waals surface area (Å²) in [5.41, 5.74) is 2.41. The van der Waals surface area contributed by atoms with Gasteiger partial charge in [0.1, 0.15) is 6.54 Å². The van der Waals surface area contributed by atoms with E-state index in [2.05, 4.69) is 6.58 Å². The standard InChI is InChI=1S/C19H19NO3.ClH/c1-3-18(21)23-14-20(2)13-15-9-11-17(12-10-15)19(22)16-7-5-4-6-8-16;/h3-12H,1,13-14H2,2H3;1H. The molecule has 0 fully saturated rings. The number of rotatable bonds is 7. The predicted octanol–water partition coefficient (Wildman–Crippen LogP) is -1.38. The molecule has 0 saturated carbocycles. The minimum Gasteiger partial charge on any atom is -1.00 e. The Labute approximate surface area is 148 Å². The van der Waals surface area contributed by atoms with Crippen LogP contribution in [0, 0.1) is 0 Å². The number of ether oxygens (including phenoxy) is 1. The summed E-state index contributed by atoms with van der Waals surface area (Å²) in [6.07, 6.45) is 1.15. The van der Waals surface area contributed by atoms with E-state index in [9.17, 15) is 9.59 Å². The van der Waals surface area contributed by atoms with Crippen LogP contribution < -0.4 is 17.3 Å². The van der Waals surface area contributed by atoms with Crippen molar-refractivity contribution in [3.63, 3.8) is 0 Å². The summed E-state index contributed by atoms with van der Waals surface area (Å²) in [5.74, 6) is -0.411. The van der Waals surface area contributed by atoms with Crippen molar-refractivity contribution >= 4 is 11.8 Å². The van der Waals surface area contributed by atoms with Crippen LogP contribution in [0.4, 0.5) is 0 Å². The number of hydrogen-bond acceptors (Lipinski definition) is 3. The molecule has 24 heavy (non-hydrogen) atoms. The Morgan fingerprint density at radius 1 is 1.04 bits per heavy atom. The van der Waals surface area contributed by atoms with Crippen molar-refractivity contribution in [1.82, 2.24) is 0 Å². The van der Waals surface area contributed by atoms with Crippen LogP contribution in [-0.2, 0) is 16.1 Å². The van der Waals surface area contributed by atoms with Crippen molar-refractivity contribution in [2.24, 2.45) is 0 Å². The Morgan fingerprint density at radius 3 is 2.21 bits per heavy atom. The van der Waals surface area contributed by atoms with Crippen LogP contribution >= 0.6 is 0 Å². The molecule has 0 amide bonds. The van der Waals surface area contributed by atoms with Crippen LogP contribution in [0.15, 0.2) is 67.3 Å². The van der Waals surface area contributed by atoms with E-state index in [0.717, 1.165) is 16.5 Å². The first-order valence-corrected chi connectivity index (χ1v) is 7.39. The third-order valence-corrected chi connectivity index (χ3v) is 3.39. The second-order valence-corrected chi connectivity index (χ2v) is 5.34. The Hall–Kier alpha value is -2.43. The van der Waals surface area contributed by atoms with Crippen LogP contribution in [0.1, 0.15) is 21.5 Å². The van der Waals surface area contributed by atoms with E-state index in [1.165, 1.54) is 0 Å². The third kappa shape index (κ3) is 5.65. The molecular formula is C19H20ClNO3. The minimum absolute atomic E-state index is 0. The molecule has 0 aliphatic rings. The maximum atomic E-state index is 12.3. The first kappa shape index (κ1) is 19.6. The summed E-state index contributed by atoms with van der Waals surface area (Å²) >= 11 is 0. The highest BCUT2D eigenvalue weighted by atomic mass is 35.5. The van der Waals surface area contributed by atoms with Crippen molar-refractivity contribution < 1.29 is 31.6 Å². The maximum absolute atomic E-state index is 12.3.